The lowest BCUT2D eigenvalue weighted by molar-refractivity contribution is -0.121. The van der Waals surface area contributed by atoms with E-state index in [0.29, 0.717) is 20.9 Å². The maximum atomic E-state index is 13.2. The summed E-state index contributed by atoms with van der Waals surface area (Å²) in [6.45, 7) is 4.73. The lowest BCUT2D eigenvalue weighted by Gasteiger charge is -2.36. The van der Waals surface area contributed by atoms with E-state index in [9.17, 15) is 9.59 Å². The Morgan fingerprint density at radius 1 is 1.03 bits per heavy atom. The molecule has 1 saturated heterocycles. The number of nitrogens with one attached hydrogen (secondary N) is 1. The minimum absolute atomic E-state index is 0.120. The van der Waals surface area contributed by atoms with Crippen molar-refractivity contribution in [1.82, 2.24) is 24.3 Å². The number of anilines is 1. The Morgan fingerprint density at radius 3 is 2.57 bits per heavy atom. The molecule has 5 rings (SSSR count). The maximum absolute atomic E-state index is 13.2. The molecule has 3 heterocycles. The molecule has 0 aliphatic carbocycles. The molecule has 0 radical (unpaired) electrons. The summed E-state index contributed by atoms with van der Waals surface area (Å²) in [7, 11) is 2.07. The number of halogens is 2. The van der Waals surface area contributed by atoms with Crippen LogP contribution in [0.25, 0.3) is 10.9 Å². The number of aromatic nitrogens is 3. The fraction of sp³-hybridized carbons (Fsp3) is 0.296. The van der Waals surface area contributed by atoms with Crippen LogP contribution in [-0.4, -0.2) is 51.1 Å². The van der Waals surface area contributed by atoms with Gasteiger partial charge >= 0.3 is 0 Å². The predicted molar refractivity (Wildman–Crippen MR) is 147 cm³/mol. The van der Waals surface area contributed by atoms with E-state index in [1.807, 2.05) is 18.2 Å². The molecule has 1 amide bonds. The van der Waals surface area contributed by atoms with Crippen molar-refractivity contribution in [3.05, 3.63) is 92.7 Å². The van der Waals surface area contributed by atoms with Gasteiger partial charge in [0.15, 0.2) is 0 Å². The van der Waals surface area contributed by atoms with Crippen LogP contribution in [0.15, 0.2) is 65.8 Å². The predicted octanol–water partition coefficient (Wildman–Crippen LogP) is 3.68. The van der Waals surface area contributed by atoms with Gasteiger partial charge in [-0.2, -0.15) is 0 Å². The Labute approximate surface area is 225 Å². The number of rotatable bonds is 7. The van der Waals surface area contributed by atoms with Crippen molar-refractivity contribution >= 4 is 45.7 Å². The van der Waals surface area contributed by atoms with Crippen molar-refractivity contribution in [2.24, 2.45) is 7.05 Å². The Morgan fingerprint density at radius 2 is 1.84 bits per heavy atom. The fourth-order valence-corrected chi connectivity index (χ4v) is 4.89. The monoisotopic (exact) mass is 538 g/mol. The van der Waals surface area contributed by atoms with Gasteiger partial charge in [0.1, 0.15) is 6.54 Å². The van der Waals surface area contributed by atoms with Crippen molar-refractivity contribution in [2.45, 2.75) is 19.6 Å². The molecule has 37 heavy (non-hydrogen) atoms. The summed E-state index contributed by atoms with van der Waals surface area (Å²) in [6.07, 6.45) is 3.49. The number of amides is 1. The van der Waals surface area contributed by atoms with Gasteiger partial charge in [0.2, 0.25) is 5.91 Å². The van der Waals surface area contributed by atoms with E-state index in [1.165, 1.54) is 16.6 Å². The van der Waals surface area contributed by atoms with Gasteiger partial charge in [-0.1, -0.05) is 29.3 Å². The second-order valence-corrected chi connectivity index (χ2v) is 10.1. The second-order valence-electron chi connectivity index (χ2n) is 9.28. The number of nitrogens with zero attached hydrogens (tertiary/aromatic N) is 5. The lowest BCUT2D eigenvalue weighted by atomic mass is 10.2. The fourth-order valence-electron chi connectivity index (χ4n) is 4.57. The zero-order valence-corrected chi connectivity index (χ0v) is 22.0. The quantitative estimate of drug-likeness (QED) is 0.388. The molecule has 0 bridgehead atoms. The van der Waals surface area contributed by atoms with Crippen LogP contribution in [0.4, 0.5) is 5.69 Å². The SMILES string of the molecule is Cn1cccc1CN1CCN(c2ccc3ncn(CC(=O)NCc4ccc(Cl)c(Cl)c4)c(=O)c3c2)CC1. The van der Waals surface area contributed by atoms with Crippen molar-refractivity contribution in [3.8, 4) is 0 Å². The van der Waals surface area contributed by atoms with Crippen molar-refractivity contribution < 1.29 is 4.79 Å². The Bertz CT molecular complexity index is 1490. The molecule has 1 N–H and O–H groups in total. The number of aryl methyl sites for hydroxylation is 1. The van der Waals surface area contributed by atoms with E-state index < -0.39 is 0 Å². The molecule has 0 atom stereocenters. The van der Waals surface area contributed by atoms with E-state index in [4.69, 9.17) is 23.2 Å². The highest BCUT2D eigenvalue weighted by Gasteiger charge is 2.19. The molecule has 192 valence electrons. The van der Waals surface area contributed by atoms with E-state index in [2.05, 4.69) is 50.0 Å². The van der Waals surface area contributed by atoms with Gasteiger partial charge in [0.05, 0.1) is 27.3 Å². The smallest absolute Gasteiger partial charge is 0.261 e. The van der Waals surface area contributed by atoms with Crippen molar-refractivity contribution in [3.63, 3.8) is 0 Å². The molecule has 2 aromatic carbocycles. The first-order valence-corrected chi connectivity index (χ1v) is 12.9. The van der Waals surface area contributed by atoms with Crippen LogP contribution in [-0.2, 0) is 31.5 Å². The summed E-state index contributed by atoms with van der Waals surface area (Å²) in [5, 5.41) is 4.20. The van der Waals surface area contributed by atoms with Gasteiger partial charge in [0.25, 0.3) is 5.56 Å². The third kappa shape index (κ3) is 5.82. The van der Waals surface area contributed by atoms with Crippen LogP contribution < -0.4 is 15.8 Å². The van der Waals surface area contributed by atoms with Crippen LogP contribution in [0.1, 0.15) is 11.3 Å². The zero-order chi connectivity index (χ0) is 25.9. The number of carbonyl (C=O) groups excluding carboxylic acids is 1. The summed E-state index contributed by atoms with van der Waals surface area (Å²) in [4.78, 5) is 34.9. The van der Waals surface area contributed by atoms with E-state index >= 15 is 0 Å². The highest BCUT2D eigenvalue weighted by Crippen LogP contribution is 2.23. The van der Waals surface area contributed by atoms with Crippen molar-refractivity contribution in [2.75, 3.05) is 31.1 Å². The maximum Gasteiger partial charge on any atom is 0.261 e. The van der Waals surface area contributed by atoms with Gasteiger partial charge < -0.3 is 14.8 Å². The zero-order valence-electron chi connectivity index (χ0n) is 20.5. The molecule has 0 unspecified atom stereocenters. The Hall–Kier alpha value is -3.33. The summed E-state index contributed by atoms with van der Waals surface area (Å²) in [5.74, 6) is -0.292. The van der Waals surface area contributed by atoms with E-state index in [0.717, 1.165) is 44.0 Å². The number of piperazine rings is 1. The van der Waals surface area contributed by atoms with Gasteiger partial charge in [-0.15, -0.1) is 0 Å². The van der Waals surface area contributed by atoms with Crippen LogP contribution in [0.3, 0.4) is 0 Å². The van der Waals surface area contributed by atoms with Gasteiger partial charge in [-0.05, 0) is 48.0 Å². The summed E-state index contributed by atoms with van der Waals surface area (Å²) in [6, 6.07) is 15.2. The third-order valence-electron chi connectivity index (χ3n) is 6.77. The van der Waals surface area contributed by atoms with E-state index in [-0.39, 0.29) is 24.6 Å². The number of benzene rings is 2. The van der Waals surface area contributed by atoms with Crippen LogP contribution >= 0.6 is 23.2 Å². The molecule has 8 nitrogen and oxygen atoms in total. The Balaban J connectivity index is 1.23. The van der Waals surface area contributed by atoms with Gasteiger partial charge in [-0.25, -0.2) is 4.98 Å². The summed E-state index contributed by atoms with van der Waals surface area (Å²) in [5.41, 5.74) is 3.49. The van der Waals surface area contributed by atoms with Crippen LogP contribution in [0, 0.1) is 0 Å². The topological polar surface area (TPSA) is 75.4 Å². The summed E-state index contributed by atoms with van der Waals surface area (Å²) < 4.78 is 3.50. The molecule has 10 heteroatoms. The minimum Gasteiger partial charge on any atom is -0.369 e. The molecule has 4 aromatic rings. The third-order valence-corrected chi connectivity index (χ3v) is 7.51. The minimum atomic E-state index is -0.292. The lowest BCUT2D eigenvalue weighted by Crippen LogP contribution is -2.46. The van der Waals surface area contributed by atoms with E-state index in [1.54, 1.807) is 18.2 Å². The normalized spacial score (nSPS) is 14.3. The largest absolute Gasteiger partial charge is 0.369 e. The molecular weight excluding hydrogens is 511 g/mol. The molecule has 1 aliphatic heterocycles. The highest BCUT2D eigenvalue weighted by molar-refractivity contribution is 6.42. The number of fused-ring (bicyclic) bond motifs is 1. The Kier molecular flexibility index (Phi) is 7.50. The number of hydrogen-bond donors (Lipinski definition) is 1. The molecule has 0 saturated carbocycles. The standard InChI is InChI=1S/C27H28Cl2N6O2/c1-32-8-2-3-21(32)16-33-9-11-34(12-10-33)20-5-7-25-22(14-20)27(37)35(18-31-25)17-26(36)30-15-19-4-6-23(28)24(29)13-19/h2-8,13-14,18H,9-12,15-17H2,1H3,(H,30,36). The molecule has 2 aromatic heterocycles. The first-order chi connectivity index (χ1) is 17.9. The van der Waals surface area contributed by atoms with Crippen LogP contribution in [0.2, 0.25) is 10.0 Å². The van der Waals surface area contributed by atoms with Crippen LogP contribution in [0.5, 0.6) is 0 Å². The molecule has 0 spiro atoms. The van der Waals surface area contributed by atoms with Gasteiger partial charge in [0, 0.05) is 63.9 Å². The van der Waals surface area contributed by atoms with Gasteiger partial charge in [-0.3, -0.25) is 19.1 Å². The number of carbonyl (C=O) groups is 1. The highest BCUT2D eigenvalue weighted by atomic mass is 35.5. The van der Waals surface area contributed by atoms with Crippen molar-refractivity contribution in [1.29, 1.82) is 0 Å². The second kappa shape index (κ2) is 11.0. The number of hydrogen-bond acceptors (Lipinski definition) is 5. The average molecular weight is 539 g/mol. The average Bonchev–Trinajstić information content (AvgIpc) is 3.31. The molecule has 1 fully saturated rings. The first-order valence-electron chi connectivity index (χ1n) is 12.1. The summed E-state index contributed by atoms with van der Waals surface area (Å²) >= 11 is 12.0. The first kappa shape index (κ1) is 25.3. The molecule has 1 aliphatic rings. The molecular formula is C27H28Cl2N6O2.